The summed E-state index contributed by atoms with van der Waals surface area (Å²) >= 11 is 0. The maximum absolute atomic E-state index is 12.7. The van der Waals surface area contributed by atoms with E-state index in [0.29, 0.717) is 63.6 Å². The second kappa shape index (κ2) is 9.92. The summed E-state index contributed by atoms with van der Waals surface area (Å²) in [5.41, 5.74) is 3.39. The molecular formula is C28H30N4O6. The van der Waals surface area contributed by atoms with Gasteiger partial charge >= 0.3 is 6.09 Å². The van der Waals surface area contributed by atoms with Crippen LogP contribution in [0.4, 0.5) is 4.79 Å². The van der Waals surface area contributed by atoms with Gasteiger partial charge in [-0.25, -0.2) is 4.79 Å². The van der Waals surface area contributed by atoms with Gasteiger partial charge in [-0.15, -0.1) is 0 Å². The van der Waals surface area contributed by atoms with Crippen LogP contribution in [0.1, 0.15) is 30.4 Å². The van der Waals surface area contributed by atoms with Gasteiger partial charge in [0.15, 0.2) is 6.61 Å². The Labute approximate surface area is 220 Å². The van der Waals surface area contributed by atoms with Crippen LogP contribution in [0.3, 0.4) is 0 Å². The number of amides is 2. The van der Waals surface area contributed by atoms with Crippen molar-refractivity contribution in [3.8, 4) is 11.5 Å². The van der Waals surface area contributed by atoms with Gasteiger partial charge in [-0.05, 0) is 35.2 Å². The standard InChI is InChI=1S/C28H30N4O6/c1-31-10-6-20-3-2-19(14-24(20)31)16-37-30-23-7-13-35-25-15-21(4-5-22(23)25)36-17-26(33)32-11-8-28(9-12-32)18-29-27(34)38-28/h2-6,10,14-15H,7-9,11-13,16-18H2,1H3,(H,29,34)/b30-23-. The molecule has 38 heavy (non-hydrogen) atoms. The maximum atomic E-state index is 12.7. The first-order chi connectivity index (χ1) is 18.5. The average Bonchev–Trinajstić information content (AvgIpc) is 3.49. The summed E-state index contributed by atoms with van der Waals surface area (Å²) in [5.74, 6) is 1.11. The number of aryl methyl sites for hydroxylation is 1. The molecule has 3 aliphatic heterocycles. The van der Waals surface area contributed by atoms with E-state index in [2.05, 4.69) is 33.2 Å². The monoisotopic (exact) mass is 518 g/mol. The van der Waals surface area contributed by atoms with Crippen molar-refractivity contribution in [3.63, 3.8) is 0 Å². The largest absolute Gasteiger partial charge is 0.492 e. The molecule has 1 N–H and O–H groups in total. The summed E-state index contributed by atoms with van der Waals surface area (Å²) in [6.07, 6.45) is 3.54. The number of rotatable bonds is 6. The first kappa shape index (κ1) is 24.1. The Morgan fingerprint density at radius 1 is 1.16 bits per heavy atom. The minimum Gasteiger partial charge on any atom is -0.492 e. The predicted octanol–water partition coefficient (Wildman–Crippen LogP) is 3.36. The molecule has 2 amide bonds. The Hall–Kier alpha value is -4.21. The molecule has 1 aromatic heterocycles. The molecule has 2 aromatic carbocycles. The van der Waals surface area contributed by atoms with Crippen molar-refractivity contribution >= 4 is 28.6 Å². The van der Waals surface area contributed by atoms with Gasteiger partial charge in [0, 0.05) is 62.7 Å². The van der Waals surface area contributed by atoms with Gasteiger partial charge in [0.2, 0.25) is 0 Å². The normalized spacial score (nSPS) is 19.1. The second-order valence-electron chi connectivity index (χ2n) is 9.98. The zero-order valence-electron chi connectivity index (χ0n) is 21.3. The number of ether oxygens (including phenoxy) is 3. The molecule has 2 saturated heterocycles. The molecule has 0 bridgehead atoms. The van der Waals surface area contributed by atoms with Crippen LogP contribution in [0.15, 0.2) is 53.8 Å². The van der Waals surface area contributed by atoms with Crippen molar-refractivity contribution in [3.05, 3.63) is 59.8 Å². The van der Waals surface area contributed by atoms with Crippen molar-refractivity contribution in [1.82, 2.24) is 14.8 Å². The molecule has 3 aromatic rings. The van der Waals surface area contributed by atoms with Gasteiger partial charge in [0.05, 0.1) is 18.9 Å². The van der Waals surface area contributed by atoms with Crippen LogP contribution in [0.5, 0.6) is 11.5 Å². The van der Waals surface area contributed by atoms with E-state index in [9.17, 15) is 9.59 Å². The molecule has 0 unspecified atom stereocenters. The van der Waals surface area contributed by atoms with Crippen LogP contribution in [0, 0.1) is 0 Å². The molecule has 0 aliphatic carbocycles. The highest BCUT2D eigenvalue weighted by Gasteiger charge is 2.43. The van der Waals surface area contributed by atoms with E-state index in [1.807, 2.05) is 31.4 Å². The van der Waals surface area contributed by atoms with Gasteiger partial charge < -0.3 is 33.8 Å². The van der Waals surface area contributed by atoms with Crippen LogP contribution in [0.2, 0.25) is 0 Å². The first-order valence-electron chi connectivity index (χ1n) is 12.9. The number of aromatic nitrogens is 1. The average molecular weight is 519 g/mol. The summed E-state index contributed by atoms with van der Waals surface area (Å²) in [7, 11) is 2.02. The highest BCUT2D eigenvalue weighted by atomic mass is 16.6. The third kappa shape index (κ3) is 4.85. The third-order valence-electron chi connectivity index (χ3n) is 7.47. The lowest BCUT2D eigenvalue weighted by atomic mass is 9.91. The fourth-order valence-corrected chi connectivity index (χ4v) is 5.20. The van der Waals surface area contributed by atoms with Crippen LogP contribution in [-0.4, -0.2) is 65.6 Å². The molecule has 0 saturated carbocycles. The molecule has 10 nitrogen and oxygen atoms in total. The molecule has 0 radical (unpaired) electrons. The number of carbonyl (C=O) groups excluding carboxylic acids is 2. The van der Waals surface area contributed by atoms with Crippen molar-refractivity contribution in [1.29, 1.82) is 0 Å². The van der Waals surface area contributed by atoms with Gasteiger partial charge in [0.1, 0.15) is 23.7 Å². The quantitative estimate of drug-likeness (QED) is 0.502. The number of benzene rings is 2. The van der Waals surface area contributed by atoms with Crippen LogP contribution in [-0.2, 0) is 28.0 Å². The number of nitrogens with one attached hydrogen (secondary N) is 1. The maximum Gasteiger partial charge on any atom is 0.407 e. The molecule has 6 rings (SSSR count). The highest BCUT2D eigenvalue weighted by Crippen LogP contribution is 2.31. The Morgan fingerprint density at radius 3 is 2.84 bits per heavy atom. The smallest absolute Gasteiger partial charge is 0.407 e. The predicted molar refractivity (Wildman–Crippen MR) is 139 cm³/mol. The number of carbonyl (C=O) groups is 2. The Morgan fingerprint density at radius 2 is 2.03 bits per heavy atom. The topological polar surface area (TPSA) is 104 Å². The first-order valence-corrected chi connectivity index (χ1v) is 12.9. The summed E-state index contributed by atoms with van der Waals surface area (Å²) in [6.45, 7) is 2.35. The van der Waals surface area contributed by atoms with E-state index in [-0.39, 0.29) is 18.6 Å². The number of piperidine rings is 1. The van der Waals surface area contributed by atoms with Gasteiger partial charge in [-0.1, -0.05) is 17.3 Å². The molecule has 10 heteroatoms. The number of hydrogen-bond acceptors (Lipinski definition) is 7. The molecule has 2 fully saturated rings. The van der Waals surface area contributed by atoms with Crippen molar-refractivity contribution in [2.75, 3.05) is 32.8 Å². The Balaban J connectivity index is 1.04. The summed E-state index contributed by atoms with van der Waals surface area (Å²) in [5, 5.41) is 8.30. The molecule has 0 atom stereocenters. The lowest BCUT2D eigenvalue weighted by Crippen LogP contribution is -2.49. The number of nitrogens with zero attached hydrogens (tertiary/aromatic N) is 3. The number of likely N-dealkylation sites (tertiary alicyclic amines) is 1. The Kier molecular flexibility index (Phi) is 6.30. The zero-order chi connectivity index (χ0) is 26.1. The number of alkyl carbamates (subject to hydrolysis) is 1. The molecule has 198 valence electrons. The number of hydrogen-bond donors (Lipinski definition) is 1. The highest BCUT2D eigenvalue weighted by molar-refractivity contribution is 6.03. The van der Waals surface area contributed by atoms with Crippen LogP contribution in [0.25, 0.3) is 10.9 Å². The van der Waals surface area contributed by atoms with E-state index in [4.69, 9.17) is 19.0 Å². The lowest BCUT2D eigenvalue weighted by molar-refractivity contribution is -0.136. The van der Waals surface area contributed by atoms with Gasteiger partial charge in [-0.2, -0.15) is 0 Å². The van der Waals surface area contributed by atoms with Crippen LogP contribution >= 0.6 is 0 Å². The minimum absolute atomic E-state index is 0.0701. The zero-order valence-corrected chi connectivity index (χ0v) is 21.3. The van der Waals surface area contributed by atoms with Gasteiger partial charge in [-0.3, -0.25) is 4.79 Å². The van der Waals surface area contributed by atoms with E-state index >= 15 is 0 Å². The summed E-state index contributed by atoms with van der Waals surface area (Å²) < 4.78 is 19.1. The fraction of sp³-hybridized carbons (Fsp3) is 0.393. The van der Waals surface area contributed by atoms with E-state index in [0.717, 1.165) is 22.4 Å². The minimum atomic E-state index is -0.483. The second-order valence-corrected chi connectivity index (χ2v) is 9.98. The van der Waals surface area contributed by atoms with E-state index in [1.165, 1.54) is 5.39 Å². The molecule has 3 aliphatic rings. The number of fused-ring (bicyclic) bond motifs is 2. The lowest BCUT2D eigenvalue weighted by Gasteiger charge is -2.37. The summed E-state index contributed by atoms with van der Waals surface area (Å²) in [6, 6.07) is 13.8. The SMILES string of the molecule is Cn1ccc2ccc(CO/N=C3/CCOc4cc(OCC(=O)N5CCC6(CC5)CNC(=O)O6)ccc43)cc21. The van der Waals surface area contributed by atoms with Crippen molar-refractivity contribution < 1.29 is 28.6 Å². The summed E-state index contributed by atoms with van der Waals surface area (Å²) in [4.78, 5) is 31.6. The van der Waals surface area contributed by atoms with Gasteiger partial charge in [0.25, 0.3) is 5.91 Å². The Bertz CT molecular complexity index is 1410. The van der Waals surface area contributed by atoms with Crippen LogP contribution < -0.4 is 14.8 Å². The van der Waals surface area contributed by atoms with Crippen molar-refractivity contribution in [2.24, 2.45) is 12.2 Å². The molecule has 4 heterocycles. The number of oxime groups is 1. The third-order valence-corrected chi connectivity index (χ3v) is 7.47. The fourth-order valence-electron chi connectivity index (χ4n) is 5.20. The van der Waals surface area contributed by atoms with E-state index in [1.54, 1.807) is 11.0 Å². The van der Waals surface area contributed by atoms with Crippen molar-refractivity contribution in [2.45, 2.75) is 31.5 Å². The molecular weight excluding hydrogens is 488 g/mol. The molecule has 1 spiro atoms. The van der Waals surface area contributed by atoms with E-state index < -0.39 is 5.60 Å².